The minimum atomic E-state index is -3.12. The molecule has 1 saturated heterocycles. The Balaban J connectivity index is 2.68. The number of nitrogens with zero attached hydrogens (tertiary/aromatic N) is 1. The average molecular weight is 234 g/mol. The molecule has 0 aliphatic carbocycles. The van der Waals surface area contributed by atoms with Crippen molar-refractivity contribution in [3.8, 4) is 0 Å². The van der Waals surface area contributed by atoms with Crippen LogP contribution in [-0.2, 0) is 10.0 Å². The van der Waals surface area contributed by atoms with Crippen LogP contribution in [0.25, 0.3) is 0 Å². The van der Waals surface area contributed by atoms with E-state index in [-0.39, 0.29) is 17.8 Å². The van der Waals surface area contributed by atoms with Crippen LogP contribution in [0.3, 0.4) is 0 Å². The molecule has 0 bridgehead atoms. The highest BCUT2D eigenvalue weighted by atomic mass is 32.2. The lowest BCUT2D eigenvalue weighted by Crippen LogP contribution is -2.53. The van der Waals surface area contributed by atoms with Crippen LogP contribution in [0.2, 0.25) is 0 Å². The molecule has 1 aliphatic rings. The Labute approximate surface area is 92.9 Å². The molecule has 1 rings (SSSR count). The maximum atomic E-state index is 11.9. The van der Waals surface area contributed by atoms with Crippen molar-refractivity contribution in [1.82, 2.24) is 4.31 Å². The molecule has 1 aliphatic heterocycles. The smallest absolute Gasteiger partial charge is 0.215 e. The molecule has 1 heterocycles. The number of rotatable bonds is 4. The first-order chi connectivity index (χ1) is 6.99. The monoisotopic (exact) mass is 234 g/mol. The van der Waals surface area contributed by atoms with E-state index in [1.807, 2.05) is 13.8 Å². The predicted molar refractivity (Wildman–Crippen MR) is 61.8 cm³/mol. The summed E-state index contributed by atoms with van der Waals surface area (Å²) >= 11 is 0. The minimum absolute atomic E-state index is 0.240. The lowest BCUT2D eigenvalue weighted by atomic mass is 9.99. The number of sulfonamides is 1. The molecule has 2 unspecified atom stereocenters. The molecule has 4 nitrogen and oxygen atoms in total. The van der Waals surface area contributed by atoms with Crippen molar-refractivity contribution in [2.24, 2.45) is 11.7 Å². The Morgan fingerprint density at radius 2 is 2.13 bits per heavy atom. The van der Waals surface area contributed by atoms with E-state index in [1.54, 1.807) is 0 Å². The molecule has 90 valence electrons. The molecule has 0 aromatic carbocycles. The second-order valence-corrected chi connectivity index (χ2v) is 6.43. The molecule has 0 spiro atoms. The summed E-state index contributed by atoms with van der Waals surface area (Å²) in [5.74, 6) is 0.513. The Morgan fingerprint density at radius 3 is 2.73 bits per heavy atom. The van der Waals surface area contributed by atoms with Crippen molar-refractivity contribution in [3.63, 3.8) is 0 Å². The van der Waals surface area contributed by atoms with E-state index in [9.17, 15) is 8.42 Å². The van der Waals surface area contributed by atoms with Gasteiger partial charge in [-0.15, -0.1) is 0 Å². The molecule has 0 aromatic heterocycles. The summed E-state index contributed by atoms with van der Waals surface area (Å²) in [7, 11) is -3.12. The van der Waals surface area contributed by atoms with Gasteiger partial charge < -0.3 is 5.73 Å². The first-order valence-corrected chi connectivity index (χ1v) is 7.35. The molecule has 0 aromatic rings. The minimum Gasteiger partial charge on any atom is -0.315 e. The SMILES string of the molecule is CCCCS(=O)(=O)N1CCCC(C)C1N. The summed E-state index contributed by atoms with van der Waals surface area (Å²) < 4.78 is 25.4. The van der Waals surface area contributed by atoms with Gasteiger partial charge in [0.1, 0.15) is 0 Å². The lowest BCUT2D eigenvalue weighted by molar-refractivity contribution is 0.192. The van der Waals surface area contributed by atoms with Gasteiger partial charge in [-0.2, -0.15) is 4.31 Å². The molecule has 2 N–H and O–H groups in total. The van der Waals surface area contributed by atoms with Gasteiger partial charge in [-0.05, 0) is 25.2 Å². The quantitative estimate of drug-likeness (QED) is 0.793. The standard InChI is InChI=1S/C10H22N2O2S/c1-3-4-8-15(13,14)12-7-5-6-9(2)10(12)11/h9-10H,3-8,11H2,1-2H3. The number of hydrogen-bond acceptors (Lipinski definition) is 3. The number of piperidine rings is 1. The summed E-state index contributed by atoms with van der Waals surface area (Å²) in [4.78, 5) is 0. The van der Waals surface area contributed by atoms with Gasteiger partial charge in [0.25, 0.3) is 0 Å². The highest BCUT2D eigenvalue weighted by molar-refractivity contribution is 7.89. The molecule has 0 amide bonds. The summed E-state index contributed by atoms with van der Waals surface area (Å²) in [6.45, 7) is 4.61. The summed E-state index contributed by atoms with van der Waals surface area (Å²) in [5, 5.41) is 0. The van der Waals surface area contributed by atoms with E-state index >= 15 is 0 Å². The van der Waals surface area contributed by atoms with Crippen LogP contribution >= 0.6 is 0 Å². The summed E-state index contributed by atoms with van der Waals surface area (Å²) in [6, 6.07) is 0. The normalized spacial score (nSPS) is 29.3. The third-order valence-electron chi connectivity index (χ3n) is 3.07. The van der Waals surface area contributed by atoms with Crippen molar-refractivity contribution in [3.05, 3.63) is 0 Å². The van der Waals surface area contributed by atoms with Gasteiger partial charge in [-0.1, -0.05) is 20.3 Å². The molecule has 0 saturated carbocycles. The number of nitrogens with two attached hydrogens (primary N) is 1. The van der Waals surface area contributed by atoms with Crippen LogP contribution in [0.15, 0.2) is 0 Å². The molecular weight excluding hydrogens is 212 g/mol. The summed E-state index contributed by atoms with van der Waals surface area (Å²) in [6.07, 6.45) is 3.26. The molecule has 2 atom stereocenters. The zero-order valence-corrected chi connectivity index (χ0v) is 10.5. The maximum absolute atomic E-state index is 11.9. The third kappa shape index (κ3) is 3.16. The molecule has 15 heavy (non-hydrogen) atoms. The summed E-state index contributed by atoms with van der Waals surface area (Å²) in [5.41, 5.74) is 5.93. The molecule has 5 heteroatoms. The molecular formula is C10H22N2O2S. The van der Waals surface area contributed by atoms with Gasteiger partial charge in [-0.3, -0.25) is 0 Å². The van der Waals surface area contributed by atoms with E-state index in [0.717, 1.165) is 25.7 Å². The fourth-order valence-electron chi connectivity index (χ4n) is 1.94. The van der Waals surface area contributed by atoms with Gasteiger partial charge in [0.15, 0.2) is 0 Å². The predicted octanol–water partition coefficient (Wildman–Crippen LogP) is 1.13. The van der Waals surface area contributed by atoms with E-state index in [4.69, 9.17) is 5.73 Å². The molecule has 1 fully saturated rings. The van der Waals surface area contributed by atoms with E-state index in [2.05, 4.69) is 0 Å². The Bertz CT molecular complexity index is 290. The third-order valence-corrected chi connectivity index (χ3v) is 5.01. The van der Waals surface area contributed by atoms with Gasteiger partial charge in [0, 0.05) is 6.54 Å². The topological polar surface area (TPSA) is 63.4 Å². The number of unbranched alkanes of at least 4 members (excludes halogenated alkanes) is 1. The van der Waals surface area contributed by atoms with Crippen molar-refractivity contribution < 1.29 is 8.42 Å². The van der Waals surface area contributed by atoms with Crippen LogP contribution in [0.1, 0.15) is 39.5 Å². The first-order valence-electron chi connectivity index (χ1n) is 5.74. The largest absolute Gasteiger partial charge is 0.315 e. The second kappa shape index (κ2) is 5.27. The zero-order valence-electron chi connectivity index (χ0n) is 9.65. The van der Waals surface area contributed by atoms with Gasteiger partial charge in [0.2, 0.25) is 10.0 Å². The number of hydrogen-bond donors (Lipinski definition) is 1. The fourth-order valence-corrected chi connectivity index (χ4v) is 3.82. The molecule has 0 radical (unpaired) electrons. The van der Waals surface area contributed by atoms with Crippen LogP contribution < -0.4 is 5.73 Å². The van der Waals surface area contributed by atoms with Crippen molar-refractivity contribution in [1.29, 1.82) is 0 Å². The van der Waals surface area contributed by atoms with Gasteiger partial charge in [0.05, 0.1) is 11.9 Å². The average Bonchev–Trinajstić information content (AvgIpc) is 2.19. The van der Waals surface area contributed by atoms with Crippen LogP contribution in [0.4, 0.5) is 0 Å². The van der Waals surface area contributed by atoms with Crippen LogP contribution in [0.5, 0.6) is 0 Å². The zero-order chi connectivity index (χ0) is 11.5. The first kappa shape index (κ1) is 12.9. The van der Waals surface area contributed by atoms with Crippen molar-refractivity contribution in [2.75, 3.05) is 12.3 Å². The van der Waals surface area contributed by atoms with Crippen molar-refractivity contribution in [2.45, 2.75) is 45.7 Å². The lowest BCUT2D eigenvalue weighted by Gasteiger charge is -2.36. The van der Waals surface area contributed by atoms with Gasteiger partial charge in [-0.25, -0.2) is 8.42 Å². The highest BCUT2D eigenvalue weighted by Crippen LogP contribution is 2.23. The Kier molecular flexibility index (Phi) is 4.55. The van der Waals surface area contributed by atoms with E-state index in [0.29, 0.717) is 6.54 Å². The van der Waals surface area contributed by atoms with Crippen LogP contribution in [0, 0.1) is 5.92 Å². The Morgan fingerprint density at radius 1 is 1.47 bits per heavy atom. The second-order valence-electron chi connectivity index (χ2n) is 4.39. The van der Waals surface area contributed by atoms with Crippen LogP contribution in [-0.4, -0.2) is 31.2 Å². The fraction of sp³-hybridized carbons (Fsp3) is 1.00. The van der Waals surface area contributed by atoms with E-state index in [1.165, 1.54) is 4.31 Å². The van der Waals surface area contributed by atoms with Crippen molar-refractivity contribution >= 4 is 10.0 Å². The van der Waals surface area contributed by atoms with Gasteiger partial charge >= 0.3 is 0 Å². The maximum Gasteiger partial charge on any atom is 0.215 e. The Hall–Kier alpha value is -0.130. The highest BCUT2D eigenvalue weighted by Gasteiger charge is 2.33. The van der Waals surface area contributed by atoms with E-state index < -0.39 is 10.0 Å².